The molecule has 7 heteroatoms. The third kappa shape index (κ3) is 5.61. The Balaban J connectivity index is 2.51. The maximum absolute atomic E-state index is 11.9. The van der Waals surface area contributed by atoms with Crippen LogP contribution in [0.15, 0.2) is 18.2 Å². The van der Waals surface area contributed by atoms with Crippen molar-refractivity contribution in [3.63, 3.8) is 0 Å². The number of methoxy groups -OCH3 is 1. The Kier molecular flexibility index (Phi) is 5.81. The van der Waals surface area contributed by atoms with Gasteiger partial charge in [0.05, 0.1) is 7.11 Å². The highest BCUT2D eigenvalue weighted by atomic mass is 32.2. The lowest BCUT2D eigenvalue weighted by molar-refractivity contribution is -0.0327. The minimum absolute atomic E-state index is 0.0671. The molecule has 3 nitrogen and oxygen atoms in total. The number of benzene rings is 1. The van der Waals surface area contributed by atoms with E-state index < -0.39 is 5.51 Å². The van der Waals surface area contributed by atoms with Crippen LogP contribution in [0, 0.1) is 0 Å². The SMILES string of the molecule is COc1ccc(O)c(C(C)NCCSC(F)(F)F)c1. The molecule has 0 heterocycles. The predicted octanol–water partition coefficient (Wildman–Crippen LogP) is 3.30. The maximum Gasteiger partial charge on any atom is 0.441 e. The number of phenolic OH excluding ortho intramolecular Hbond substituents is 1. The van der Waals surface area contributed by atoms with Crippen molar-refractivity contribution in [1.29, 1.82) is 0 Å². The van der Waals surface area contributed by atoms with E-state index in [1.807, 2.05) is 0 Å². The first kappa shape index (κ1) is 16.0. The first-order valence-electron chi connectivity index (χ1n) is 5.64. The highest BCUT2D eigenvalue weighted by molar-refractivity contribution is 8.00. The van der Waals surface area contributed by atoms with Gasteiger partial charge in [0.2, 0.25) is 0 Å². The van der Waals surface area contributed by atoms with Crippen LogP contribution < -0.4 is 10.1 Å². The van der Waals surface area contributed by atoms with E-state index in [-0.39, 0.29) is 35.9 Å². The first-order chi connectivity index (χ1) is 8.83. The minimum atomic E-state index is -4.21. The van der Waals surface area contributed by atoms with E-state index in [0.717, 1.165) is 0 Å². The molecule has 1 rings (SSSR count). The molecule has 108 valence electrons. The van der Waals surface area contributed by atoms with Crippen LogP contribution in [0.3, 0.4) is 0 Å². The van der Waals surface area contributed by atoms with Crippen LogP contribution in [-0.2, 0) is 0 Å². The Morgan fingerprint density at radius 3 is 2.68 bits per heavy atom. The van der Waals surface area contributed by atoms with Crippen LogP contribution in [0.2, 0.25) is 0 Å². The monoisotopic (exact) mass is 295 g/mol. The van der Waals surface area contributed by atoms with Crippen molar-refractivity contribution in [1.82, 2.24) is 5.32 Å². The second kappa shape index (κ2) is 6.91. The molecule has 0 radical (unpaired) electrons. The molecular weight excluding hydrogens is 279 g/mol. The Morgan fingerprint density at radius 1 is 1.42 bits per heavy atom. The van der Waals surface area contributed by atoms with Gasteiger partial charge in [-0.3, -0.25) is 0 Å². The van der Waals surface area contributed by atoms with E-state index >= 15 is 0 Å². The zero-order valence-corrected chi connectivity index (χ0v) is 11.4. The number of ether oxygens (including phenoxy) is 1. The Morgan fingerprint density at radius 2 is 2.11 bits per heavy atom. The number of aromatic hydroxyl groups is 1. The number of thioether (sulfide) groups is 1. The fraction of sp³-hybridized carbons (Fsp3) is 0.500. The average molecular weight is 295 g/mol. The molecule has 1 unspecified atom stereocenters. The van der Waals surface area contributed by atoms with E-state index in [2.05, 4.69) is 5.32 Å². The van der Waals surface area contributed by atoms with E-state index in [0.29, 0.717) is 11.3 Å². The molecular formula is C12H16F3NO2S. The molecule has 0 aliphatic carbocycles. The van der Waals surface area contributed by atoms with Crippen molar-refractivity contribution in [2.75, 3.05) is 19.4 Å². The summed E-state index contributed by atoms with van der Waals surface area (Å²) in [5, 5.41) is 12.6. The Hall–Kier alpha value is -1.08. The van der Waals surface area contributed by atoms with Crippen LogP contribution in [0.25, 0.3) is 0 Å². The highest BCUT2D eigenvalue weighted by Crippen LogP contribution is 2.30. The van der Waals surface area contributed by atoms with Crippen LogP contribution >= 0.6 is 11.8 Å². The zero-order valence-electron chi connectivity index (χ0n) is 10.6. The van der Waals surface area contributed by atoms with Crippen molar-refractivity contribution < 1.29 is 23.0 Å². The Bertz CT molecular complexity index is 412. The van der Waals surface area contributed by atoms with Gasteiger partial charge in [0.15, 0.2) is 0 Å². The summed E-state index contributed by atoms with van der Waals surface area (Å²) >= 11 is -0.0671. The summed E-state index contributed by atoms with van der Waals surface area (Å²) in [6.45, 7) is 1.97. The van der Waals surface area contributed by atoms with Gasteiger partial charge in [-0.05, 0) is 36.9 Å². The van der Waals surface area contributed by atoms with E-state index in [1.54, 1.807) is 19.1 Å². The molecule has 1 aromatic rings. The molecule has 1 aromatic carbocycles. The molecule has 0 aromatic heterocycles. The van der Waals surface area contributed by atoms with Gasteiger partial charge < -0.3 is 15.2 Å². The van der Waals surface area contributed by atoms with Gasteiger partial charge in [0, 0.05) is 23.9 Å². The summed E-state index contributed by atoms with van der Waals surface area (Å²) in [5.41, 5.74) is -3.61. The molecule has 1 atom stereocenters. The molecule has 0 fully saturated rings. The van der Waals surface area contributed by atoms with Crippen molar-refractivity contribution in [3.05, 3.63) is 23.8 Å². The number of phenols is 1. The average Bonchev–Trinajstić information content (AvgIpc) is 2.34. The topological polar surface area (TPSA) is 41.5 Å². The molecule has 0 aliphatic rings. The molecule has 0 saturated heterocycles. The number of alkyl halides is 3. The van der Waals surface area contributed by atoms with E-state index in [4.69, 9.17) is 4.74 Å². The third-order valence-electron chi connectivity index (χ3n) is 2.52. The van der Waals surface area contributed by atoms with Gasteiger partial charge in [0.25, 0.3) is 0 Å². The molecule has 0 saturated carbocycles. The second-order valence-electron chi connectivity index (χ2n) is 3.89. The number of hydrogen-bond donors (Lipinski definition) is 2. The third-order valence-corrected chi connectivity index (χ3v) is 3.26. The molecule has 0 spiro atoms. The lowest BCUT2D eigenvalue weighted by atomic mass is 10.1. The molecule has 0 amide bonds. The van der Waals surface area contributed by atoms with Crippen molar-refractivity contribution in [2.45, 2.75) is 18.5 Å². The summed E-state index contributed by atoms with van der Waals surface area (Å²) in [7, 11) is 1.51. The highest BCUT2D eigenvalue weighted by Gasteiger charge is 2.27. The molecule has 0 bridgehead atoms. The quantitative estimate of drug-likeness (QED) is 0.790. The summed E-state index contributed by atoms with van der Waals surface area (Å²) in [4.78, 5) is 0. The Labute approximate surface area is 114 Å². The first-order valence-corrected chi connectivity index (χ1v) is 6.63. The lowest BCUT2D eigenvalue weighted by Crippen LogP contribution is -2.22. The largest absolute Gasteiger partial charge is 0.508 e. The lowest BCUT2D eigenvalue weighted by Gasteiger charge is -2.16. The fourth-order valence-electron chi connectivity index (χ4n) is 1.56. The normalized spacial score (nSPS) is 13.3. The summed E-state index contributed by atoms with van der Waals surface area (Å²) in [6.07, 6.45) is 0. The number of rotatable bonds is 6. The van der Waals surface area contributed by atoms with Gasteiger partial charge in [0.1, 0.15) is 11.5 Å². The van der Waals surface area contributed by atoms with E-state index in [9.17, 15) is 18.3 Å². The molecule has 2 N–H and O–H groups in total. The van der Waals surface area contributed by atoms with Crippen LogP contribution in [0.1, 0.15) is 18.5 Å². The number of halogens is 3. The summed E-state index contributed by atoms with van der Waals surface area (Å²) in [5.74, 6) is 0.605. The summed E-state index contributed by atoms with van der Waals surface area (Å²) < 4.78 is 40.9. The van der Waals surface area contributed by atoms with Gasteiger partial charge >= 0.3 is 5.51 Å². The van der Waals surface area contributed by atoms with Crippen LogP contribution in [-0.4, -0.2) is 30.0 Å². The van der Waals surface area contributed by atoms with Crippen molar-refractivity contribution in [2.24, 2.45) is 0 Å². The van der Waals surface area contributed by atoms with Crippen LogP contribution in [0.4, 0.5) is 13.2 Å². The van der Waals surface area contributed by atoms with Crippen molar-refractivity contribution >= 4 is 11.8 Å². The van der Waals surface area contributed by atoms with Gasteiger partial charge in [-0.1, -0.05) is 0 Å². The fourth-order valence-corrected chi connectivity index (χ4v) is 2.01. The maximum atomic E-state index is 11.9. The number of hydrogen-bond acceptors (Lipinski definition) is 4. The summed E-state index contributed by atoms with van der Waals surface area (Å²) in [6, 6.07) is 4.51. The smallest absolute Gasteiger partial charge is 0.441 e. The van der Waals surface area contributed by atoms with Gasteiger partial charge in [-0.25, -0.2) is 0 Å². The van der Waals surface area contributed by atoms with Crippen LogP contribution in [0.5, 0.6) is 11.5 Å². The van der Waals surface area contributed by atoms with Gasteiger partial charge in [-0.15, -0.1) is 0 Å². The van der Waals surface area contributed by atoms with Crippen molar-refractivity contribution in [3.8, 4) is 11.5 Å². The minimum Gasteiger partial charge on any atom is -0.508 e. The molecule has 19 heavy (non-hydrogen) atoms. The predicted molar refractivity (Wildman–Crippen MR) is 69.6 cm³/mol. The number of nitrogens with one attached hydrogen (secondary N) is 1. The zero-order chi connectivity index (χ0) is 14.5. The van der Waals surface area contributed by atoms with Gasteiger partial charge in [-0.2, -0.15) is 13.2 Å². The molecule has 0 aliphatic heterocycles. The second-order valence-corrected chi connectivity index (χ2v) is 5.05. The standard InChI is InChI=1S/C12H16F3NO2S/c1-8(16-5-6-19-12(13,14)15)10-7-9(18-2)3-4-11(10)17/h3-4,7-8,16-17H,5-6H2,1-2H3. The van der Waals surface area contributed by atoms with E-state index in [1.165, 1.54) is 13.2 Å².